The van der Waals surface area contributed by atoms with Gasteiger partial charge in [-0.15, -0.1) is 0 Å². The molecular formula is C14H19F2NO2. The van der Waals surface area contributed by atoms with Crippen LogP contribution >= 0.6 is 0 Å². The zero-order chi connectivity index (χ0) is 13.8. The normalized spacial score (nSPS) is 19.5. The first kappa shape index (κ1) is 14.1. The van der Waals surface area contributed by atoms with Crippen molar-refractivity contribution < 1.29 is 18.3 Å². The number of hydrogen-bond donors (Lipinski definition) is 1. The molecule has 1 aliphatic rings. The molecule has 1 aromatic carbocycles. The molecule has 1 N–H and O–H groups in total. The molecule has 19 heavy (non-hydrogen) atoms. The van der Waals surface area contributed by atoms with Crippen LogP contribution in [0.4, 0.5) is 8.78 Å². The first-order chi connectivity index (χ1) is 9.17. The number of nitrogens with one attached hydrogen (secondary N) is 1. The van der Waals surface area contributed by atoms with Crippen molar-refractivity contribution in [3.63, 3.8) is 0 Å². The van der Waals surface area contributed by atoms with Gasteiger partial charge in [0, 0.05) is 12.1 Å². The van der Waals surface area contributed by atoms with Gasteiger partial charge in [0.25, 0.3) is 6.43 Å². The molecule has 0 radical (unpaired) electrons. The minimum Gasteiger partial charge on any atom is -0.493 e. The Bertz CT molecular complexity index is 432. The Balaban J connectivity index is 2.43. The van der Waals surface area contributed by atoms with Gasteiger partial charge in [0.1, 0.15) is 0 Å². The third-order valence-electron chi connectivity index (χ3n) is 3.56. The Hall–Kier alpha value is -1.36. The van der Waals surface area contributed by atoms with Gasteiger partial charge < -0.3 is 14.8 Å². The Morgan fingerprint density at radius 2 is 1.89 bits per heavy atom. The van der Waals surface area contributed by atoms with Crippen LogP contribution in [0.3, 0.4) is 0 Å². The summed E-state index contributed by atoms with van der Waals surface area (Å²) in [7, 11) is 2.97. The SMILES string of the molecule is COc1cc(C(F)F)c(C2CCCNC2)cc1OC. The molecule has 0 spiro atoms. The summed E-state index contributed by atoms with van der Waals surface area (Å²) in [4.78, 5) is 0. The number of hydrogen-bond acceptors (Lipinski definition) is 3. The van der Waals surface area contributed by atoms with Crippen LogP contribution in [0.15, 0.2) is 12.1 Å². The van der Waals surface area contributed by atoms with E-state index in [0.717, 1.165) is 25.9 Å². The quantitative estimate of drug-likeness (QED) is 0.912. The van der Waals surface area contributed by atoms with Gasteiger partial charge in [-0.3, -0.25) is 0 Å². The zero-order valence-electron chi connectivity index (χ0n) is 11.2. The number of rotatable bonds is 4. The molecular weight excluding hydrogens is 252 g/mol. The summed E-state index contributed by atoms with van der Waals surface area (Å²) < 4.78 is 36.7. The van der Waals surface area contributed by atoms with E-state index in [1.54, 1.807) is 6.07 Å². The minimum absolute atomic E-state index is 0.0475. The van der Waals surface area contributed by atoms with E-state index in [4.69, 9.17) is 9.47 Å². The average Bonchev–Trinajstić information content (AvgIpc) is 2.46. The van der Waals surface area contributed by atoms with Crippen LogP contribution in [-0.2, 0) is 0 Å². The second kappa shape index (κ2) is 6.19. The summed E-state index contributed by atoms with van der Waals surface area (Å²) in [5.41, 5.74) is 0.714. The first-order valence-corrected chi connectivity index (χ1v) is 6.42. The van der Waals surface area contributed by atoms with Crippen molar-refractivity contribution in [2.45, 2.75) is 25.2 Å². The molecule has 1 aromatic rings. The second-order valence-electron chi connectivity index (χ2n) is 4.68. The Morgan fingerprint density at radius 3 is 2.42 bits per heavy atom. The molecule has 1 aliphatic heterocycles. The zero-order valence-corrected chi connectivity index (χ0v) is 11.2. The predicted molar refractivity (Wildman–Crippen MR) is 69.3 cm³/mol. The molecule has 106 valence electrons. The van der Waals surface area contributed by atoms with Gasteiger partial charge >= 0.3 is 0 Å². The van der Waals surface area contributed by atoms with Crippen LogP contribution in [0.5, 0.6) is 11.5 Å². The number of halogens is 2. The summed E-state index contributed by atoms with van der Waals surface area (Å²) in [6, 6.07) is 3.09. The standard InChI is InChI=1S/C14H19F2NO2/c1-18-12-6-10(9-4-3-5-17-8-9)11(14(15)16)7-13(12)19-2/h6-7,9,14,17H,3-5,8H2,1-2H3. The van der Waals surface area contributed by atoms with Crippen molar-refractivity contribution in [1.29, 1.82) is 0 Å². The molecule has 1 atom stereocenters. The third-order valence-corrected chi connectivity index (χ3v) is 3.56. The molecule has 1 unspecified atom stereocenters. The minimum atomic E-state index is -2.50. The van der Waals surface area contributed by atoms with Crippen molar-refractivity contribution in [2.24, 2.45) is 0 Å². The van der Waals surface area contributed by atoms with Crippen molar-refractivity contribution in [3.05, 3.63) is 23.3 Å². The van der Waals surface area contributed by atoms with E-state index in [0.29, 0.717) is 17.1 Å². The van der Waals surface area contributed by atoms with Gasteiger partial charge in [-0.25, -0.2) is 8.78 Å². The lowest BCUT2D eigenvalue weighted by Gasteiger charge is -2.26. The number of methoxy groups -OCH3 is 2. The molecule has 1 heterocycles. The molecule has 5 heteroatoms. The first-order valence-electron chi connectivity index (χ1n) is 6.42. The molecule has 0 aliphatic carbocycles. The summed E-state index contributed by atoms with van der Waals surface area (Å²) in [5.74, 6) is 0.968. The number of benzene rings is 1. The molecule has 1 fully saturated rings. The van der Waals surface area contributed by atoms with E-state index in [1.165, 1.54) is 20.3 Å². The molecule has 0 bridgehead atoms. The van der Waals surface area contributed by atoms with E-state index in [1.807, 2.05) is 0 Å². The highest BCUT2D eigenvalue weighted by Crippen LogP contribution is 2.39. The summed E-state index contributed by atoms with van der Waals surface area (Å²) in [6.45, 7) is 1.68. The lowest BCUT2D eigenvalue weighted by molar-refractivity contribution is 0.148. The predicted octanol–water partition coefficient (Wildman–Crippen LogP) is 3.11. The van der Waals surface area contributed by atoms with Gasteiger partial charge in [0.2, 0.25) is 0 Å². The van der Waals surface area contributed by atoms with Crippen molar-refractivity contribution >= 4 is 0 Å². The topological polar surface area (TPSA) is 30.5 Å². The monoisotopic (exact) mass is 271 g/mol. The Labute approximate surface area is 111 Å². The van der Waals surface area contributed by atoms with Gasteiger partial charge in [0.05, 0.1) is 14.2 Å². The van der Waals surface area contributed by atoms with Gasteiger partial charge in [-0.2, -0.15) is 0 Å². The van der Waals surface area contributed by atoms with Crippen LogP contribution in [0.25, 0.3) is 0 Å². The molecule has 2 rings (SSSR count). The van der Waals surface area contributed by atoms with Crippen molar-refractivity contribution in [3.8, 4) is 11.5 Å². The summed E-state index contributed by atoms with van der Waals surface area (Å²) in [6.07, 6.45) is -0.582. The number of alkyl halides is 2. The highest BCUT2D eigenvalue weighted by atomic mass is 19.3. The van der Waals surface area contributed by atoms with Crippen molar-refractivity contribution in [1.82, 2.24) is 5.32 Å². The van der Waals surface area contributed by atoms with Crippen LogP contribution < -0.4 is 14.8 Å². The molecule has 3 nitrogen and oxygen atoms in total. The van der Waals surface area contributed by atoms with Gasteiger partial charge in [-0.1, -0.05) is 0 Å². The fourth-order valence-electron chi connectivity index (χ4n) is 2.57. The van der Waals surface area contributed by atoms with E-state index in [-0.39, 0.29) is 11.5 Å². The average molecular weight is 271 g/mol. The van der Waals surface area contributed by atoms with Gasteiger partial charge in [-0.05, 0) is 43.0 Å². The molecule has 0 aromatic heterocycles. The maximum absolute atomic E-state index is 13.2. The van der Waals surface area contributed by atoms with E-state index < -0.39 is 6.43 Å². The van der Waals surface area contributed by atoms with E-state index >= 15 is 0 Å². The highest BCUT2D eigenvalue weighted by molar-refractivity contribution is 5.49. The molecule has 0 saturated carbocycles. The maximum atomic E-state index is 13.2. The van der Waals surface area contributed by atoms with E-state index in [2.05, 4.69) is 5.32 Å². The van der Waals surface area contributed by atoms with E-state index in [9.17, 15) is 8.78 Å². The van der Waals surface area contributed by atoms with Crippen LogP contribution in [0.2, 0.25) is 0 Å². The lowest BCUT2D eigenvalue weighted by Crippen LogP contribution is -2.29. The number of piperidine rings is 1. The van der Waals surface area contributed by atoms with Crippen LogP contribution in [-0.4, -0.2) is 27.3 Å². The highest BCUT2D eigenvalue weighted by Gasteiger charge is 2.24. The smallest absolute Gasteiger partial charge is 0.264 e. The lowest BCUT2D eigenvalue weighted by atomic mass is 9.88. The maximum Gasteiger partial charge on any atom is 0.264 e. The Kier molecular flexibility index (Phi) is 4.58. The molecule has 0 amide bonds. The largest absolute Gasteiger partial charge is 0.493 e. The Morgan fingerprint density at radius 1 is 1.21 bits per heavy atom. The van der Waals surface area contributed by atoms with Crippen LogP contribution in [0.1, 0.15) is 36.3 Å². The summed E-state index contributed by atoms with van der Waals surface area (Å²) in [5, 5.41) is 3.25. The second-order valence-corrected chi connectivity index (χ2v) is 4.68. The molecule has 1 saturated heterocycles. The van der Waals surface area contributed by atoms with Gasteiger partial charge in [0.15, 0.2) is 11.5 Å². The third kappa shape index (κ3) is 2.97. The van der Waals surface area contributed by atoms with Crippen molar-refractivity contribution in [2.75, 3.05) is 27.3 Å². The fraction of sp³-hybridized carbons (Fsp3) is 0.571. The van der Waals surface area contributed by atoms with Crippen LogP contribution in [0, 0.1) is 0 Å². The number of ether oxygens (including phenoxy) is 2. The summed E-state index contributed by atoms with van der Waals surface area (Å²) >= 11 is 0. The fourth-order valence-corrected chi connectivity index (χ4v) is 2.57.